The van der Waals surface area contributed by atoms with Gasteiger partial charge in [-0.2, -0.15) is 0 Å². The molecule has 0 saturated carbocycles. The minimum Gasteiger partial charge on any atom is -0.339 e. The molecular formula is C9H10N2OS. The molecule has 3 nitrogen and oxygen atoms in total. The van der Waals surface area contributed by atoms with Crippen LogP contribution in [0.4, 0.5) is 0 Å². The van der Waals surface area contributed by atoms with Crippen LogP contribution in [-0.2, 0) is 4.79 Å². The van der Waals surface area contributed by atoms with E-state index >= 15 is 0 Å². The van der Waals surface area contributed by atoms with Crippen molar-refractivity contribution in [1.29, 1.82) is 0 Å². The summed E-state index contributed by atoms with van der Waals surface area (Å²) in [4.78, 5) is 17.2. The predicted octanol–water partition coefficient (Wildman–Crippen LogP) is 1.39. The molecule has 0 aromatic carbocycles. The van der Waals surface area contributed by atoms with Crippen molar-refractivity contribution in [1.82, 2.24) is 9.88 Å². The number of nitrogens with zero attached hydrogens (tertiary/aromatic N) is 2. The minimum atomic E-state index is 0.0965. The molecule has 13 heavy (non-hydrogen) atoms. The number of thiazole rings is 1. The smallest absolute Gasteiger partial charge is 0.246 e. The van der Waals surface area contributed by atoms with Gasteiger partial charge in [0.2, 0.25) is 5.91 Å². The van der Waals surface area contributed by atoms with Crippen molar-refractivity contribution in [2.75, 3.05) is 13.1 Å². The first kappa shape index (κ1) is 8.44. The molecule has 1 fully saturated rings. The maximum absolute atomic E-state index is 11.3. The SMILES string of the molecule is O=C(/C=C/c1cscn1)N1CCC1. The van der Waals surface area contributed by atoms with E-state index in [9.17, 15) is 4.79 Å². The molecule has 1 saturated heterocycles. The normalized spacial score (nSPS) is 16.2. The summed E-state index contributed by atoms with van der Waals surface area (Å²) in [6.07, 6.45) is 4.49. The zero-order valence-electron chi connectivity index (χ0n) is 7.14. The fraction of sp³-hybridized carbons (Fsp3) is 0.333. The van der Waals surface area contributed by atoms with Crippen LogP contribution in [-0.4, -0.2) is 28.9 Å². The summed E-state index contributed by atoms with van der Waals surface area (Å²) in [5, 5.41) is 1.92. The Kier molecular flexibility index (Phi) is 2.40. The van der Waals surface area contributed by atoms with E-state index in [0.717, 1.165) is 25.2 Å². The quantitative estimate of drug-likeness (QED) is 0.666. The molecule has 2 heterocycles. The Hall–Kier alpha value is -1.16. The predicted molar refractivity (Wildman–Crippen MR) is 52.3 cm³/mol. The van der Waals surface area contributed by atoms with E-state index in [1.165, 1.54) is 11.3 Å². The summed E-state index contributed by atoms with van der Waals surface area (Å²) in [7, 11) is 0. The van der Waals surface area contributed by atoms with Crippen molar-refractivity contribution in [2.45, 2.75) is 6.42 Å². The van der Waals surface area contributed by atoms with Gasteiger partial charge in [0.05, 0.1) is 11.2 Å². The Labute approximate surface area is 80.7 Å². The van der Waals surface area contributed by atoms with Crippen LogP contribution >= 0.6 is 11.3 Å². The van der Waals surface area contributed by atoms with Gasteiger partial charge in [0, 0.05) is 24.5 Å². The Balaban J connectivity index is 1.93. The highest BCUT2D eigenvalue weighted by atomic mass is 32.1. The zero-order chi connectivity index (χ0) is 9.10. The molecule has 1 aliphatic rings. The molecular weight excluding hydrogens is 184 g/mol. The topological polar surface area (TPSA) is 33.2 Å². The average molecular weight is 194 g/mol. The molecule has 0 aliphatic carbocycles. The number of amides is 1. The van der Waals surface area contributed by atoms with E-state index in [4.69, 9.17) is 0 Å². The van der Waals surface area contributed by atoms with Crippen molar-refractivity contribution < 1.29 is 4.79 Å². The lowest BCUT2D eigenvalue weighted by Gasteiger charge is -2.29. The summed E-state index contributed by atoms with van der Waals surface area (Å²) in [6.45, 7) is 1.81. The van der Waals surface area contributed by atoms with E-state index < -0.39 is 0 Å². The van der Waals surface area contributed by atoms with Gasteiger partial charge in [0.25, 0.3) is 0 Å². The van der Waals surface area contributed by atoms with Crippen molar-refractivity contribution in [3.8, 4) is 0 Å². The molecule has 0 atom stereocenters. The van der Waals surface area contributed by atoms with Gasteiger partial charge < -0.3 is 4.90 Å². The number of likely N-dealkylation sites (tertiary alicyclic amines) is 1. The van der Waals surface area contributed by atoms with Crippen molar-refractivity contribution in [3.05, 3.63) is 22.7 Å². The fourth-order valence-electron chi connectivity index (χ4n) is 1.10. The van der Waals surface area contributed by atoms with Crippen LogP contribution in [0.2, 0.25) is 0 Å². The molecule has 0 N–H and O–H groups in total. The van der Waals surface area contributed by atoms with Gasteiger partial charge in [0.1, 0.15) is 0 Å². The van der Waals surface area contributed by atoms with Gasteiger partial charge in [-0.05, 0) is 12.5 Å². The van der Waals surface area contributed by atoms with Gasteiger partial charge in [-0.25, -0.2) is 4.98 Å². The number of carbonyl (C=O) groups excluding carboxylic acids is 1. The summed E-state index contributed by atoms with van der Waals surface area (Å²) in [6, 6.07) is 0. The van der Waals surface area contributed by atoms with E-state index in [-0.39, 0.29) is 5.91 Å². The largest absolute Gasteiger partial charge is 0.339 e. The maximum atomic E-state index is 11.3. The molecule has 0 unspecified atom stereocenters. The number of aromatic nitrogens is 1. The minimum absolute atomic E-state index is 0.0965. The average Bonchev–Trinajstić information content (AvgIpc) is 2.49. The second-order valence-corrected chi connectivity index (χ2v) is 3.64. The Morgan fingerprint density at radius 1 is 1.62 bits per heavy atom. The van der Waals surface area contributed by atoms with Gasteiger partial charge in [-0.3, -0.25) is 4.79 Å². The first-order valence-corrected chi connectivity index (χ1v) is 5.16. The van der Waals surface area contributed by atoms with Crippen LogP contribution in [0.25, 0.3) is 6.08 Å². The van der Waals surface area contributed by atoms with Crippen LogP contribution in [0, 0.1) is 0 Å². The van der Waals surface area contributed by atoms with Gasteiger partial charge in [-0.1, -0.05) is 0 Å². The van der Waals surface area contributed by atoms with E-state index in [2.05, 4.69) is 4.98 Å². The molecule has 1 aliphatic heterocycles. The summed E-state index contributed by atoms with van der Waals surface area (Å²) in [5.41, 5.74) is 2.62. The third-order valence-electron chi connectivity index (χ3n) is 2.02. The zero-order valence-corrected chi connectivity index (χ0v) is 7.96. The van der Waals surface area contributed by atoms with Crippen molar-refractivity contribution >= 4 is 23.3 Å². The lowest BCUT2D eigenvalue weighted by atomic mass is 10.2. The maximum Gasteiger partial charge on any atom is 0.246 e. The standard InChI is InChI=1S/C9H10N2OS/c12-9(11-4-1-5-11)3-2-8-6-13-7-10-8/h2-3,6-7H,1,4-5H2/b3-2+. The highest BCUT2D eigenvalue weighted by Crippen LogP contribution is 2.08. The summed E-state index contributed by atoms with van der Waals surface area (Å²) >= 11 is 1.53. The van der Waals surface area contributed by atoms with Crippen LogP contribution in [0.3, 0.4) is 0 Å². The Morgan fingerprint density at radius 2 is 2.46 bits per heavy atom. The molecule has 4 heteroatoms. The van der Waals surface area contributed by atoms with Crippen molar-refractivity contribution in [2.24, 2.45) is 0 Å². The van der Waals surface area contributed by atoms with E-state index in [1.807, 2.05) is 10.3 Å². The Morgan fingerprint density at radius 3 is 3.00 bits per heavy atom. The monoisotopic (exact) mass is 194 g/mol. The fourth-order valence-corrected chi connectivity index (χ4v) is 1.63. The molecule has 0 spiro atoms. The lowest BCUT2D eigenvalue weighted by Crippen LogP contribution is -2.40. The third kappa shape index (κ3) is 1.95. The molecule has 68 valence electrons. The van der Waals surface area contributed by atoms with Crippen LogP contribution in [0.1, 0.15) is 12.1 Å². The highest BCUT2D eigenvalue weighted by molar-refractivity contribution is 7.07. The third-order valence-corrected chi connectivity index (χ3v) is 2.62. The second-order valence-electron chi connectivity index (χ2n) is 2.93. The van der Waals surface area contributed by atoms with Crippen LogP contribution < -0.4 is 0 Å². The second kappa shape index (κ2) is 3.70. The number of carbonyl (C=O) groups is 1. The molecule has 1 amide bonds. The van der Waals surface area contributed by atoms with Crippen LogP contribution in [0.5, 0.6) is 0 Å². The number of rotatable bonds is 2. The van der Waals surface area contributed by atoms with E-state index in [1.54, 1.807) is 17.7 Å². The highest BCUT2D eigenvalue weighted by Gasteiger charge is 2.17. The van der Waals surface area contributed by atoms with Crippen LogP contribution in [0.15, 0.2) is 17.0 Å². The first-order valence-electron chi connectivity index (χ1n) is 4.21. The number of hydrogen-bond acceptors (Lipinski definition) is 3. The van der Waals surface area contributed by atoms with Gasteiger partial charge in [0.15, 0.2) is 0 Å². The summed E-state index contributed by atoms with van der Waals surface area (Å²) in [5.74, 6) is 0.0965. The Bertz CT molecular complexity index is 314. The lowest BCUT2D eigenvalue weighted by molar-refractivity contribution is -0.129. The van der Waals surface area contributed by atoms with Gasteiger partial charge >= 0.3 is 0 Å². The van der Waals surface area contributed by atoms with Crippen molar-refractivity contribution in [3.63, 3.8) is 0 Å². The number of hydrogen-bond donors (Lipinski definition) is 0. The summed E-state index contributed by atoms with van der Waals surface area (Å²) < 4.78 is 0. The molecule has 2 rings (SSSR count). The molecule has 0 radical (unpaired) electrons. The van der Waals surface area contributed by atoms with E-state index in [0.29, 0.717) is 0 Å². The first-order chi connectivity index (χ1) is 6.36. The molecule has 0 bridgehead atoms. The molecule has 1 aromatic rings. The molecule has 1 aromatic heterocycles. The van der Waals surface area contributed by atoms with Gasteiger partial charge in [-0.15, -0.1) is 11.3 Å².